The third-order valence-electron chi connectivity index (χ3n) is 7.52. The standard InChI is InChI=1S/C27H31Cl2NO5S/c1-3-36(34,35)16-23(17-7-8-17)30-25(18-9-11-20(28)12-10-18)22(19-5-4-6-21(29)13-19)14-27(2,26(30)33)15-24(31)32/h4-6,9-13,17,22-23,25H,3,7-8,14-16H2,1-2H3,(H,31,32)/t22-,23?,25-,27-/m1/s1. The molecular formula is C27H31Cl2NO5S. The van der Waals surface area contributed by atoms with E-state index in [4.69, 9.17) is 23.2 Å². The summed E-state index contributed by atoms with van der Waals surface area (Å²) < 4.78 is 25.7. The lowest BCUT2D eigenvalue weighted by Crippen LogP contribution is -2.58. The van der Waals surface area contributed by atoms with Crippen molar-refractivity contribution in [3.63, 3.8) is 0 Å². The van der Waals surface area contributed by atoms with Crippen molar-refractivity contribution in [2.24, 2.45) is 11.3 Å². The number of carbonyl (C=O) groups excluding carboxylic acids is 1. The first-order valence-corrected chi connectivity index (χ1v) is 14.8. The molecule has 0 spiro atoms. The van der Waals surface area contributed by atoms with Gasteiger partial charge in [-0.1, -0.05) is 61.3 Å². The molecule has 2 aromatic rings. The monoisotopic (exact) mass is 551 g/mol. The molecule has 2 aromatic carbocycles. The summed E-state index contributed by atoms with van der Waals surface area (Å²) in [6, 6.07) is 13.6. The number of rotatable bonds is 9. The van der Waals surface area contributed by atoms with Gasteiger partial charge in [-0.3, -0.25) is 9.59 Å². The van der Waals surface area contributed by atoms with Crippen LogP contribution in [-0.4, -0.2) is 47.8 Å². The van der Waals surface area contributed by atoms with Crippen LogP contribution >= 0.6 is 23.2 Å². The number of likely N-dealkylation sites (tertiary alicyclic amines) is 1. The second kappa shape index (κ2) is 10.3. The Morgan fingerprint density at radius 2 is 1.78 bits per heavy atom. The lowest BCUT2D eigenvalue weighted by atomic mass is 9.67. The van der Waals surface area contributed by atoms with Crippen LogP contribution in [-0.2, 0) is 19.4 Å². The summed E-state index contributed by atoms with van der Waals surface area (Å²) in [6.45, 7) is 3.29. The number of aliphatic carboxylic acids is 1. The number of halogens is 2. The van der Waals surface area contributed by atoms with Gasteiger partial charge in [-0.15, -0.1) is 0 Å². The van der Waals surface area contributed by atoms with E-state index in [1.165, 1.54) is 0 Å². The molecule has 1 heterocycles. The number of hydrogen-bond acceptors (Lipinski definition) is 4. The highest BCUT2D eigenvalue weighted by atomic mass is 35.5. The highest BCUT2D eigenvalue weighted by Crippen LogP contribution is 2.54. The Hall–Kier alpha value is -2.09. The molecule has 9 heteroatoms. The fourth-order valence-corrected chi connectivity index (χ4v) is 7.06. The van der Waals surface area contributed by atoms with Crippen LogP contribution in [0.15, 0.2) is 48.5 Å². The molecule has 36 heavy (non-hydrogen) atoms. The van der Waals surface area contributed by atoms with E-state index < -0.39 is 33.3 Å². The van der Waals surface area contributed by atoms with Gasteiger partial charge in [0, 0.05) is 27.8 Å². The normalized spacial score (nSPS) is 25.6. The van der Waals surface area contributed by atoms with E-state index in [0.29, 0.717) is 16.5 Å². The van der Waals surface area contributed by atoms with Gasteiger partial charge in [0.15, 0.2) is 9.84 Å². The maximum atomic E-state index is 14.2. The fourth-order valence-electron chi connectivity index (χ4n) is 5.55. The number of amides is 1. The molecule has 0 aromatic heterocycles. The van der Waals surface area contributed by atoms with Gasteiger partial charge in [0.1, 0.15) is 0 Å². The van der Waals surface area contributed by atoms with Crippen molar-refractivity contribution in [2.45, 2.75) is 57.5 Å². The number of hydrogen-bond donors (Lipinski definition) is 1. The molecule has 4 rings (SSSR count). The molecule has 1 saturated heterocycles. The first-order chi connectivity index (χ1) is 16.9. The predicted molar refractivity (Wildman–Crippen MR) is 141 cm³/mol. The summed E-state index contributed by atoms with van der Waals surface area (Å²) >= 11 is 12.5. The van der Waals surface area contributed by atoms with Crippen LogP contribution in [0.25, 0.3) is 0 Å². The highest BCUT2D eigenvalue weighted by Gasteiger charge is 2.55. The van der Waals surface area contributed by atoms with Gasteiger partial charge in [-0.05, 0) is 60.6 Å². The minimum absolute atomic E-state index is 0.0199. The third-order valence-corrected chi connectivity index (χ3v) is 9.74. The number of carboxylic acids is 1. The van der Waals surface area contributed by atoms with Gasteiger partial charge < -0.3 is 10.0 Å². The van der Waals surface area contributed by atoms with Crippen LogP contribution in [0, 0.1) is 11.3 Å². The molecule has 1 saturated carbocycles. The average molecular weight is 553 g/mol. The average Bonchev–Trinajstić information content (AvgIpc) is 3.65. The molecular weight excluding hydrogens is 521 g/mol. The van der Waals surface area contributed by atoms with Gasteiger partial charge in [0.25, 0.3) is 0 Å². The summed E-state index contributed by atoms with van der Waals surface area (Å²) in [5, 5.41) is 10.8. The zero-order valence-corrected chi connectivity index (χ0v) is 22.7. The topological polar surface area (TPSA) is 91.8 Å². The van der Waals surface area contributed by atoms with E-state index in [-0.39, 0.29) is 35.7 Å². The van der Waals surface area contributed by atoms with Crippen LogP contribution in [0.1, 0.15) is 62.6 Å². The van der Waals surface area contributed by atoms with Crippen molar-refractivity contribution in [1.29, 1.82) is 0 Å². The summed E-state index contributed by atoms with van der Waals surface area (Å²) in [7, 11) is -3.41. The molecule has 194 valence electrons. The molecule has 4 atom stereocenters. The minimum atomic E-state index is -3.41. The van der Waals surface area contributed by atoms with E-state index in [2.05, 4.69) is 0 Å². The van der Waals surface area contributed by atoms with E-state index >= 15 is 0 Å². The first kappa shape index (κ1) is 27.0. The summed E-state index contributed by atoms with van der Waals surface area (Å²) in [5.41, 5.74) is 0.504. The van der Waals surface area contributed by atoms with E-state index in [1.807, 2.05) is 30.3 Å². The Kier molecular flexibility index (Phi) is 7.75. The Labute approximate surface area is 222 Å². The molecule has 0 radical (unpaired) electrons. The lowest BCUT2D eigenvalue weighted by molar-refractivity contribution is -0.160. The minimum Gasteiger partial charge on any atom is -0.481 e. The SMILES string of the molecule is CCS(=O)(=O)CC(C1CC1)N1C(=O)[C@@](C)(CC(=O)O)C[C@H](c2cccc(Cl)c2)[C@H]1c1ccc(Cl)cc1. The number of piperidine rings is 1. The van der Waals surface area contributed by atoms with Gasteiger partial charge in [-0.2, -0.15) is 0 Å². The quantitative estimate of drug-likeness (QED) is 0.428. The second-order valence-corrected chi connectivity index (χ2v) is 13.6. The van der Waals surface area contributed by atoms with Gasteiger partial charge in [0.05, 0.1) is 23.6 Å². The molecule has 0 bridgehead atoms. The van der Waals surface area contributed by atoms with Crippen LogP contribution in [0.2, 0.25) is 10.0 Å². The largest absolute Gasteiger partial charge is 0.481 e. The highest BCUT2D eigenvalue weighted by molar-refractivity contribution is 7.91. The zero-order valence-electron chi connectivity index (χ0n) is 20.4. The molecule has 2 aliphatic rings. The lowest BCUT2D eigenvalue weighted by Gasteiger charge is -2.52. The second-order valence-electron chi connectivity index (χ2n) is 10.3. The Balaban J connectivity index is 1.93. The molecule has 1 N–H and O–H groups in total. The molecule has 1 aliphatic carbocycles. The van der Waals surface area contributed by atoms with Crippen molar-refractivity contribution < 1.29 is 23.1 Å². The van der Waals surface area contributed by atoms with Crippen molar-refractivity contribution in [2.75, 3.05) is 11.5 Å². The van der Waals surface area contributed by atoms with E-state index in [0.717, 1.165) is 24.0 Å². The van der Waals surface area contributed by atoms with Crippen molar-refractivity contribution >= 4 is 44.9 Å². The van der Waals surface area contributed by atoms with Gasteiger partial charge >= 0.3 is 5.97 Å². The number of carbonyl (C=O) groups is 2. The summed E-state index contributed by atoms with van der Waals surface area (Å²) in [6.07, 6.45) is 1.61. The number of benzene rings is 2. The number of nitrogens with zero attached hydrogens (tertiary/aromatic N) is 1. The zero-order chi connectivity index (χ0) is 26.3. The van der Waals surface area contributed by atoms with Crippen molar-refractivity contribution in [3.05, 3.63) is 69.7 Å². The molecule has 1 aliphatic heterocycles. The Bertz CT molecular complexity index is 1250. The van der Waals surface area contributed by atoms with Gasteiger partial charge in [-0.25, -0.2) is 8.42 Å². The fraction of sp³-hybridized carbons (Fsp3) is 0.481. The number of sulfone groups is 1. The van der Waals surface area contributed by atoms with Crippen molar-refractivity contribution in [3.8, 4) is 0 Å². The molecule has 6 nitrogen and oxygen atoms in total. The van der Waals surface area contributed by atoms with Crippen LogP contribution in [0.5, 0.6) is 0 Å². The van der Waals surface area contributed by atoms with Crippen molar-refractivity contribution in [1.82, 2.24) is 4.90 Å². The first-order valence-electron chi connectivity index (χ1n) is 12.2. The smallest absolute Gasteiger partial charge is 0.304 e. The Morgan fingerprint density at radius 3 is 2.33 bits per heavy atom. The summed E-state index contributed by atoms with van der Waals surface area (Å²) in [4.78, 5) is 27.9. The van der Waals surface area contributed by atoms with E-state index in [1.54, 1.807) is 36.9 Å². The van der Waals surface area contributed by atoms with Gasteiger partial charge in [0.2, 0.25) is 5.91 Å². The maximum absolute atomic E-state index is 14.2. The predicted octanol–water partition coefficient (Wildman–Crippen LogP) is 5.74. The molecule has 1 unspecified atom stereocenters. The third kappa shape index (κ3) is 5.74. The van der Waals surface area contributed by atoms with Crippen LogP contribution < -0.4 is 0 Å². The Morgan fingerprint density at radius 1 is 1.11 bits per heavy atom. The van der Waals surface area contributed by atoms with Crippen LogP contribution in [0.4, 0.5) is 0 Å². The maximum Gasteiger partial charge on any atom is 0.304 e. The number of carboxylic acid groups (broad SMARTS) is 1. The van der Waals surface area contributed by atoms with E-state index in [9.17, 15) is 23.1 Å². The molecule has 1 amide bonds. The summed E-state index contributed by atoms with van der Waals surface area (Å²) in [5.74, 6) is -1.78. The van der Waals surface area contributed by atoms with Crippen LogP contribution in [0.3, 0.4) is 0 Å². The molecule has 2 fully saturated rings.